The highest BCUT2D eigenvalue weighted by Crippen LogP contribution is 2.40. The SMILES string of the molecule is CCO[C@@H]1C[C@H]2C(=O)NC3(CCC3)C(=O)N(C)[C@@H](C3CCCC3)C(=O)N(C)[C@H](C(=O)N(C)CCOC)CC(=O)N(C)[C@@H](C)C(=O)N[C@@H]([C@@H](C)CC)C(=O)N(C)CC(=O)N(C)[C@@H]3C/C=C\CCN(C3=O)[C@@H](Cc3ccc(C(F)(F)F)cc3)C(=O)N(C)CC(=O)N[C@@H](CCc3cc(F)c(C(F)(F)F)c(F)c3)C(=O)N2C1. The molecule has 7 rings (SSSR count). The fourth-order valence-electron chi connectivity index (χ4n) is 14.7. The third kappa shape index (κ3) is 20.5. The van der Waals surface area contributed by atoms with E-state index in [1.807, 2.05) is 0 Å². The van der Waals surface area contributed by atoms with Gasteiger partial charge in [-0.1, -0.05) is 57.4 Å². The molecule has 5 aliphatic rings. The van der Waals surface area contributed by atoms with Gasteiger partial charge in [0.1, 0.15) is 71.1 Å². The molecule has 108 heavy (non-hydrogen) atoms. The average molecular weight is 1540 g/mol. The van der Waals surface area contributed by atoms with Crippen LogP contribution in [0.4, 0.5) is 35.1 Å². The molecule has 2 aromatic carbocycles. The maximum Gasteiger partial charge on any atom is 0.422 e. The maximum absolute atomic E-state index is 15.5. The maximum atomic E-state index is 15.5. The first-order chi connectivity index (χ1) is 50.7. The molecule has 12 amide bonds. The number of fused-ring (bicyclic) bond motifs is 3. The van der Waals surface area contributed by atoms with Gasteiger partial charge in [0, 0.05) is 95.5 Å². The Morgan fingerprint density at radius 1 is 0.704 bits per heavy atom. The lowest BCUT2D eigenvalue weighted by molar-refractivity contribution is -0.158. The predicted molar refractivity (Wildman–Crippen MR) is 376 cm³/mol. The minimum absolute atomic E-state index is 0.00646. The van der Waals surface area contributed by atoms with E-state index in [1.165, 1.54) is 66.1 Å². The Hall–Kier alpha value is -8.82. The van der Waals surface area contributed by atoms with Crippen LogP contribution < -0.4 is 16.0 Å². The van der Waals surface area contributed by atoms with Crippen molar-refractivity contribution < 1.29 is 102 Å². The average Bonchev–Trinajstić information content (AvgIpc) is 1.17. The number of nitrogens with zero attached hydrogens (tertiary/aromatic N) is 9. The standard InChI is InChI=1S/C74H102F8N12O14/c1-13-43(3)61-69(104)88(7)42-59(97)90(9)53-23-16-15-19-32-93(68(53)103)56(37-45-24-27-48(28-25-45)73(77,78)79)67(102)87(6)41-57(95)83-52(29-26-46-35-50(75)60(51(76)36-46)74(80,81)82)65(100)94-40-49(108-14-2)38-54(94)64(99)85-72(30-20-31-72)71(106)92(11)62(47-21-17-18-22-47)70(105)91(10)55(66(101)86(5)33-34-107-12)39-58(96)89(8)44(4)63(98)84-61/h15-16,24-25,27-28,35-36,43-44,47,49,52-56,61-62H,13-14,17-23,26,29-34,37-42H2,1-12H3,(H,83,95)(H,84,98)(H,85,99)/b16-15-/t43-,44-,49+,52-,53+,54-,55-,56-,61-,62-/m0/s1. The minimum Gasteiger partial charge on any atom is -0.383 e. The second-order valence-corrected chi connectivity index (χ2v) is 29.1. The molecule has 10 atom stereocenters. The molecular formula is C74H102F8N12O14. The minimum atomic E-state index is -5.46. The first kappa shape index (κ1) is 86.4. The number of benzene rings is 2. The predicted octanol–water partition coefficient (Wildman–Crippen LogP) is 4.73. The quantitative estimate of drug-likeness (QED) is 0.170. The first-order valence-electron chi connectivity index (χ1n) is 36.5. The molecule has 598 valence electrons. The largest absolute Gasteiger partial charge is 0.422 e. The van der Waals surface area contributed by atoms with Crippen LogP contribution in [-0.4, -0.2) is 277 Å². The number of ether oxygens (including phenoxy) is 2. The number of halogens is 8. The molecule has 3 N–H and O–H groups in total. The van der Waals surface area contributed by atoms with Crippen molar-refractivity contribution in [3.8, 4) is 0 Å². The molecule has 1 spiro atoms. The van der Waals surface area contributed by atoms with E-state index in [-0.39, 0.29) is 70.5 Å². The first-order valence-corrected chi connectivity index (χ1v) is 36.5. The van der Waals surface area contributed by atoms with Crippen LogP contribution >= 0.6 is 0 Å². The smallest absolute Gasteiger partial charge is 0.383 e. The fourth-order valence-corrected chi connectivity index (χ4v) is 14.7. The van der Waals surface area contributed by atoms with Crippen molar-refractivity contribution in [3.63, 3.8) is 0 Å². The number of hydrogen-bond donors (Lipinski definition) is 3. The second-order valence-electron chi connectivity index (χ2n) is 29.1. The Labute approximate surface area is 623 Å². The Morgan fingerprint density at radius 2 is 1.33 bits per heavy atom. The number of rotatable bonds is 14. The van der Waals surface area contributed by atoms with E-state index in [1.54, 1.807) is 32.9 Å². The lowest BCUT2D eigenvalue weighted by atomic mass is 9.74. The highest BCUT2D eigenvalue weighted by molar-refractivity contribution is 6.01. The van der Waals surface area contributed by atoms with Gasteiger partial charge in [0.05, 0.1) is 37.8 Å². The van der Waals surface area contributed by atoms with E-state index >= 15 is 37.5 Å². The van der Waals surface area contributed by atoms with Crippen LogP contribution in [-0.2, 0) is 92.2 Å². The van der Waals surface area contributed by atoms with Gasteiger partial charge < -0.3 is 69.5 Å². The van der Waals surface area contributed by atoms with Crippen LogP contribution in [0, 0.1) is 23.5 Å². The summed E-state index contributed by atoms with van der Waals surface area (Å²) in [4.78, 5) is 190. The molecular weight excluding hydrogens is 1430 g/mol. The van der Waals surface area contributed by atoms with Crippen molar-refractivity contribution in [2.24, 2.45) is 11.8 Å². The van der Waals surface area contributed by atoms with Gasteiger partial charge in [0.15, 0.2) is 0 Å². The third-order valence-electron chi connectivity index (χ3n) is 21.8. The third-order valence-corrected chi connectivity index (χ3v) is 21.8. The molecule has 2 saturated carbocycles. The lowest BCUT2D eigenvalue weighted by Gasteiger charge is -2.46. The normalized spacial score (nSPS) is 26.0. The summed E-state index contributed by atoms with van der Waals surface area (Å²) in [5.74, 6) is -15.4. The van der Waals surface area contributed by atoms with E-state index in [4.69, 9.17) is 9.47 Å². The van der Waals surface area contributed by atoms with Crippen LogP contribution in [0.2, 0.25) is 0 Å². The monoisotopic (exact) mass is 1530 g/mol. The number of alkyl halides is 6. The molecule has 2 aromatic rings. The van der Waals surface area contributed by atoms with Crippen molar-refractivity contribution in [3.05, 3.63) is 82.4 Å². The molecule has 34 heteroatoms. The molecule has 0 unspecified atom stereocenters. The molecule has 2 saturated heterocycles. The van der Waals surface area contributed by atoms with E-state index < -0.39 is 222 Å². The van der Waals surface area contributed by atoms with Crippen molar-refractivity contribution in [2.75, 3.05) is 102 Å². The van der Waals surface area contributed by atoms with E-state index in [9.17, 15) is 55.1 Å². The highest BCUT2D eigenvalue weighted by Gasteiger charge is 2.54. The van der Waals surface area contributed by atoms with Crippen molar-refractivity contribution in [1.29, 1.82) is 0 Å². The summed E-state index contributed by atoms with van der Waals surface area (Å²) >= 11 is 0. The highest BCUT2D eigenvalue weighted by atomic mass is 19.4. The molecule has 2 aliphatic carbocycles. The summed E-state index contributed by atoms with van der Waals surface area (Å²) in [5.41, 5.74) is -5.27. The van der Waals surface area contributed by atoms with Crippen LogP contribution in [0.15, 0.2) is 48.6 Å². The molecule has 0 radical (unpaired) electrons. The number of nitrogens with one attached hydrogen (secondary N) is 3. The molecule has 0 aromatic heterocycles. The zero-order valence-electron chi connectivity index (χ0n) is 63.3. The molecule has 26 nitrogen and oxygen atoms in total. The number of aryl methyl sites for hydroxylation is 1. The second kappa shape index (κ2) is 37.1. The topological polar surface area (TPSA) is 289 Å². The van der Waals surface area contributed by atoms with Gasteiger partial charge in [0.2, 0.25) is 70.9 Å². The van der Waals surface area contributed by atoms with Crippen LogP contribution in [0.3, 0.4) is 0 Å². The van der Waals surface area contributed by atoms with Gasteiger partial charge >= 0.3 is 12.4 Å². The summed E-state index contributed by atoms with van der Waals surface area (Å²) in [6, 6.07) is -7.49. The van der Waals surface area contributed by atoms with E-state index in [2.05, 4.69) is 16.0 Å². The van der Waals surface area contributed by atoms with Crippen LogP contribution in [0.25, 0.3) is 0 Å². The number of hydrogen-bond acceptors (Lipinski definition) is 14. The van der Waals surface area contributed by atoms with Crippen molar-refractivity contribution >= 4 is 70.9 Å². The van der Waals surface area contributed by atoms with Crippen molar-refractivity contribution in [2.45, 2.75) is 196 Å². The zero-order chi connectivity index (χ0) is 80.2. The van der Waals surface area contributed by atoms with Crippen molar-refractivity contribution in [1.82, 2.24) is 60.0 Å². The van der Waals surface area contributed by atoms with Crippen LogP contribution in [0.5, 0.6) is 0 Å². The summed E-state index contributed by atoms with van der Waals surface area (Å²) in [6.45, 7) is 4.28. The molecule has 3 aliphatic heterocycles. The van der Waals surface area contributed by atoms with Gasteiger partial charge in [0.25, 0.3) is 0 Å². The zero-order valence-corrected chi connectivity index (χ0v) is 63.3. The lowest BCUT2D eigenvalue weighted by Crippen LogP contribution is -2.68. The van der Waals surface area contributed by atoms with Gasteiger partial charge in [-0.2, -0.15) is 26.3 Å². The summed E-state index contributed by atoms with van der Waals surface area (Å²) in [6.07, 6.45) is -7.66. The summed E-state index contributed by atoms with van der Waals surface area (Å²) in [7, 11) is 10.5. The van der Waals surface area contributed by atoms with Gasteiger partial charge in [-0.3, -0.25) is 57.5 Å². The molecule has 3 heterocycles. The Morgan fingerprint density at radius 3 is 1.91 bits per heavy atom. The Kier molecular flexibility index (Phi) is 29.7. The number of methoxy groups -OCH3 is 1. The van der Waals surface area contributed by atoms with E-state index in [0.29, 0.717) is 50.7 Å². The summed E-state index contributed by atoms with van der Waals surface area (Å²) < 4.78 is 125. The fraction of sp³-hybridized carbons (Fsp3) is 0.649. The number of carbonyl (C=O) groups excluding carboxylic acids is 12. The van der Waals surface area contributed by atoms with Gasteiger partial charge in [-0.25, -0.2) is 8.78 Å². The van der Waals surface area contributed by atoms with Crippen LogP contribution in [0.1, 0.15) is 133 Å². The molecule has 4 fully saturated rings. The number of carbonyl (C=O) groups is 12. The Balaban J connectivity index is 1.34. The van der Waals surface area contributed by atoms with E-state index in [0.717, 1.165) is 65.6 Å². The van der Waals surface area contributed by atoms with Gasteiger partial charge in [-0.05, 0) is 119 Å². The Bertz CT molecular complexity index is 3630. The number of likely N-dealkylation sites (N-methyl/N-ethyl adjacent to an activating group) is 7. The van der Waals surface area contributed by atoms with Gasteiger partial charge in [-0.15, -0.1) is 0 Å². The molecule has 2 bridgehead atoms. The number of amides is 12. The summed E-state index contributed by atoms with van der Waals surface area (Å²) in [5, 5.41) is 8.16.